The lowest BCUT2D eigenvalue weighted by atomic mass is 10.2. The quantitative estimate of drug-likeness (QED) is 0.576. The van der Waals surface area contributed by atoms with Crippen molar-refractivity contribution >= 4 is 17.5 Å². The van der Waals surface area contributed by atoms with Gasteiger partial charge in [0.25, 0.3) is 0 Å². The lowest BCUT2D eigenvalue weighted by molar-refractivity contribution is 0.0957. The van der Waals surface area contributed by atoms with Crippen LogP contribution < -0.4 is 0 Å². The van der Waals surface area contributed by atoms with Crippen molar-refractivity contribution in [2.24, 2.45) is 0 Å². The molecule has 0 unspecified atom stereocenters. The maximum Gasteiger partial charge on any atom is 0.208 e. The van der Waals surface area contributed by atoms with E-state index in [9.17, 15) is 4.79 Å². The summed E-state index contributed by atoms with van der Waals surface area (Å²) in [4.78, 5) is 17.0. The Morgan fingerprint density at radius 3 is 3.04 bits per heavy atom. The summed E-state index contributed by atoms with van der Waals surface area (Å²) < 4.78 is 7.94. The fourth-order valence-corrected chi connectivity index (χ4v) is 3.96. The molecule has 1 saturated heterocycles. The number of hydrogen-bond donors (Lipinski definition) is 1. The predicted molar refractivity (Wildman–Crippen MR) is 98.3 cm³/mol. The molecule has 1 aliphatic rings. The van der Waals surface area contributed by atoms with Crippen molar-refractivity contribution in [1.29, 1.82) is 0 Å². The molecule has 0 spiro atoms. The molecule has 25 heavy (non-hydrogen) atoms. The largest absolute Gasteiger partial charge is 0.376 e. The number of H-pyrrole nitrogens is 1. The first-order valence-electron chi connectivity index (χ1n) is 8.94. The molecule has 0 aliphatic carbocycles. The van der Waals surface area contributed by atoms with Gasteiger partial charge in [-0.3, -0.25) is 9.89 Å². The molecule has 0 aromatic carbocycles. The van der Waals surface area contributed by atoms with Crippen LogP contribution in [0.3, 0.4) is 0 Å². The number of nitrogens with one attached hydrogen (secondary N) is 1. The molecule has 2 aromatic heterocycles. The molecule has 2 aromatic rings. The summed E-state index contributed by atoms with van der Waals surface area (Å²) in [6, 6.07) is 1.99. The highest BCUT2D eigenvalue weighted by atomic mass is 32.2. The van der Waals surface area contributed by atoms with Crippen LogP contribution in [0.4, 0.5) is 0 Å². The van der Waals surface area contributed by atoms with Gasteiger partial charge in [-0.2, -0.15) is 0 Å². The van der Waals surface area contributed by atoms with Gasteiger partial charge in [-0.1, -0.05) is 18.7 Å². The molecule has 0 saturated carbocycles. The first kappa shape index (κ1) is 18.2. The number of carbonyl (C=O) groups is 1. The zero-order valence-corrected chi connectivity index (χ0v) is 16.0. The lowest BCUT2D eigenvalue weighted by Gasteiger charge is -2.14. The normalized spacial score (nSPS) is 17.3. The maximum absolute atomic E-state index is 12.6. The Bertz CT molecular complexity index is 732. The number of carbonyl (C=O) groups excluding carboxylic acids is 1. The van der Waals surface area contributed by atoms with Crippen LogP contribution in [0.2, 0.25) is 0 Å². The van der Waals surface area contributed by atoms with Crippen LogP contribution in [0.25, 0.3) is 0 Å². The van der Waals surface area contributed by atoms with Gasteiger partial charge < -0.3 is 9.30 Å². The minimum Gasteiger partial charge on any atom is -0.376 e. The Morgan fingerprint density at radius 2 is 2.32 bits per heavy atom. The topological polar surface area (TPSA) is 72.8 Å². The van der Waals surface area contributed by atoms with Crippen molar-refractivity contribution in [2.45, 2.75) is 64.3 Å². The molecule has 1 N–H and O–H groups in total. The van der Waals surface area contributed by atoms with Crippen LogP contribution in [-0.2, 0) is 17.7 Å². The summed E-state index contributed by atoms with van der Waals surface area (Å²) in [5.41, 5.74) is 2.94. The molecule has 6 nitrogen and oxygen atoms in total. The summed E-state index contributed by atoms with van der Waals surface area (Å²) >= 11 is 1.39. The predicted octanol–water partition coefficient (Wildman–Crippen LogP) is 3.33. The first-order chi connectivity index (χ1) is 12.1. The lowest BCUT2D eigenvalue weighted by Crippen LogP contribution is -2.17. The highest BCUT2D eigenvalue weighted by Gasteiger charge is 2.21. The fraction of sp³-hybridized carbons (Fsp3) is 0.611. The average Bonchev–Trinajstić information content (AvgIpc) is 3.31. The van der Waals surface area contributed by atoms with Gasteiger partial charge in [0.05, 0.1) is 11.9 Å². The Balaban J connectivity index is 1.63. The van der Waals surface area contributed by atoms with Gasteiger partial charge in [0.2, 0.25) is 5.16 Å². The molecule has 7 heteroatoms. The molecule has 1 fully saturated rings. The van der Waals surface area contributed by atoms with Crippen molar-refractivity contribution in [2.75, 3.05) is 12.4 Å². The zero-order valence-electron chi connectivity index (χ0n) is 15.2. The van der Waals surface area contributed by atoms with Gasteiger partial charge in [-0.15, -0.1) is 5.10 Å². The van der Waals surface area contributed by atoms with Crippen LogP contribution in [-0.4, -0.2) is 44.0 Å². The van der Waals surface area contributed by atoms with E-state index < -0.39 is 0 Å². The molecule has 1 aliphatic heterocycles. The Hall–Kier alpha value is -1.60. The minimum absolute atomic E-state index is 0.124. The first-order valence-corrected chi connectivity index (χ1v) is 9.92. The zero-order chi connectivity index (χ0) is 17.8. The van der Waals surface area contributed by atoms with Gasteiger partial charge in [-0.25, -0.2) is 4.98 Å². The van der Waals surface area contributed by atoms with Crippen molar-refractivity contribution in [3.63, 3.8) is 0 Å². The second-order valence-electron chi connectivity index (χ2n) is 6.56. The van der Waals surface area contributed by atoms with E-state index in [0.717, 1.165) is 61.6 Å². The molecule has 0 bridgehead atoms. The highest BCUT2D eigenvalue weighted by molar-refractivity contribution is 7.99. The van der Waals surface area contributed by atoms with Gasteiger partial charge in [0, 0.05) is 36.5 Å². The van der Waals surface area contributed by atoms with Crippen LogP contribution in [0.15, 0.2) is 11.2 Å². The number of ether oxygens (including phenoxy) is 1. The third kappa shape index (κ3) is 4.33. The average molecular weight is 362 g/mol. The van der Waals surface area contributed by atoms with E-state index in [4.69, 9.17) is 4.74 Å². The van der Waals surface area contributed by atoms with E-state index in [2.05, 4.69) is 33.6 Å². The molecule has 0 amide bonds. The monoisotopic (exact) mass is 362 g/mol. The van der Waals surface area contributed by atoms with Crippen molar-refractivity contribution in [3.8, 4) is 0 Å². The number of ketones is 1. The van der Waals surface area contributed by atoms with Gasteiger partial charge in [-0.05, 0) is 39.2 Å². The second-order valence-corrected chi connectivity index (χ2v) is 7.50. The Labute approximate surface area is 152 Å². The highest BCUT2D eigenvalue weighted by Crippen LogP contribution is 2.22. The van der Waals surface area contributed by atoms with E-state index in [1.807, 2.05) is 13.0 Å². The molecule has 3 rings (SSSR count). The molecule has 0 radical (unpaired) electrons. The Morgan fingerprint density at radius 1 is 1.48 bits per heavy atom. The SMILES string of the molecule is CCCc1nc(SCC(=O)c2cc(C)n(C[C@@H]3CCCO3)c2C)n[nH]1. The minimum atomic E-state index is 0.124. The Kier molecular flexibility index (Phi) is 5.96. The van der Waals surface area contributed by atoms with E-state index in [1.165, 1.54) is 11.8 Å². The molecular formula is C18H26N4O2S. The smallest absolute Gasteiger partial charge is 0.208 e. The van der Waals surface area contributed by atoms with Crippen LogP contribution in [0.1, 0.15) is 53.8 Å². The van der Waals surface area contributed by atoms with Crippen LogP contribution >= 0.6 is 11.8 Å². The number of Topliss-reactive ketones (excluding diaryl/α,β-unsaturated/α-hetero) is 1. The number of hydrogen-bond acceptors (Lipinski definition) is 5. The van der Waals surface area contributed by atoms with Crippen molar-refractivity contribution < 1.29 is 9.53 Å². The third-order valence-electron chi connectivity index (χ3n) is 4.61. The van der Waals surface area contributed by atoms with Crippen LogP contribution in [0, 0.1) is 13.8 Å². The van der Waals surface area contributed by atoms with Gasteiger partial charge >= 0.3 is 0 Å². The molecule has 3 heterocycles. The van der Waals surface area contributed by atoms with Crippen molar-refractivity contribution in [3.05, 3.63) is 28.8 Å². The number of thioether (sulfide) groups is 1. The van der Waals surface area contributed by atoms with Crippen molar-refractivity contribution in [1.82, 2.24) is 19.7 Å². The van der Waals surface area contributed by atoms with E-state index in [1.54, 1.807) is 0 Å². The number of aromatic amines is 1. The molecular weight excluding hydrogens is 336 g/mol. The van der Waals surface area contributed by atoms with Gasteiger partial charge in [0.1, 0.15) is 5.82 Å². The second kappa shape index (κ2) is 8.19. The summed E-state index contributed by atoms with van der Waals surface area (Å²) in [7, 11) is 0. The summed E-state index contributed by atoms with van der Waals surface area (Å²) in [5, 5.41) is 7.73. The van der Waals surface area contributed by atoms with Crippen LogP contribution in [0.5, 0.6) is 0 Å². The van der Waals surface area contributed by atoms with E-state index in [0.29, 0.717) is 10.9 Å². The van der Waals surface area contributed by atoms with E-state index >= 15 is 0 Å². The maximum atomic E-state index is 12.6. The number of rotatable bonds is 8. The summed E-state index contributed by atoms with van der Waals surface area (Å²) in [5.74, 6) is 1.36. The van der Waals surface area contributed by atoms with E-state index in [-0.39, 0.29) is 11.9 Å². The third-order valence-corrected chi connectivity index (χ3v) is 5.46. The summed E-state index contributed by atoms with van der Waals surface area (Å²) in [6.07, 6.45) is 4.40. The summed E-state index contributed by atoms with van der Waals surface area (Å²) in [6.45, 7) is 7.86. The van der Waals surface area contributed by atoms with Gasteiger partial charge in [0.15, 0.2) is 5.78 Å². The fourth-order valence-electron chi connectivity index (χ4n) is 3.26. The number of nitrogens with zero attached hydrogens (tertiary/aromatic N) is 3. The number of aryl methyl sites for hydroxylation is 2. The number of aromatic nitrogens is 4. The standard InChI is InChI=1S/C18H26N4O2S/c1-4-6-17-19-18(21-20-17)25-11-16(23)15-9-12(2)22(13(15)3)10-14-7-5-8-24-14/h9,14H,4-8,10-11H2,1-3H3,(H,19,20,21)/t14-/m0/s1. The molecule has 136 valence electrons. The molecule has 1 atom stereocenters.